The molecule has 0 saturated carbocycles. The van der Waals surface area contributed by atoms with Crippen LogP contribution in [-0.2, 0) is 0 Å². The Hall–Kier alpha value is -1.89. The van der Waals surface area contributed by atoms with Crippen LogP contribution in [0.25, 0.3) is 0 Å². The number of carboxylic acids is 1. The van der Waals surface area contributed by atoms with E-state index in [-0.39, 0.29) is 17.8 Å². The van der Waals surface area contributed by atoms with Gasteiger partial charge >= 0.3 is 12.0 Å². The van der Waals surface area contributed by atoms with Gasteiger partial charge in [-0.05, 0) is 13.8 Å². The van der Waals surface area contributed by atoms with Gasteiger partial charge < -0.3 is 15.3 Å². The Kier molecular flexibility index (Phi) is 5.50. The third-order valence-electron chi connectivity index (χ3n) is 2.47. The lowest BCUT2D eigenvalue weighted by Gasteiger charge is -2.21. The highest BCUT2D eigenvalue weighted by molar-refractivity contribution is 7.09. The highest BCUT2D eigenvalue weighted by Crippen LogP contribution is 2.18. The number of aromatic carboxylic acids is 1. The van der Waals surface area contributed by atoms with Gasteiger partial charge in [-0.1, -0.05) is 6.08 Å². The molecule has 19 heavy (non-hydrogen) atoms. The topological polar surface area (TPSA) is 82.5 Å². The number of hydrogen-bond donors (Lipinski definition) is 2. The van der Waals surface area contributed by atoms with Gasteiger partial charge in [0.05, 0.1) is 6.04 Å². The average molecular weight is 283 g/mol. The average Bonchev–Trinajstić information content (AvgIpc) is 2.85. The molecule has 0 radical (unpaired) electrons. The van der Waals surface area contributed by atoms with Crippen LogP contribution in [0.5, 0.6) is 0 Å². The number of carbonyl (C=O) groups excluding carboxylic acids is 1. The number of carboxylic acid groups (broad SMARTS) is 1. The van der Waals surface area contributed by atoms with Gasteiger partial charge in [0, 0.05) is 18.5 Å². The van der Waals surface area contributed by atoms with E-state index in [0.29, 0.717) is 18.1 Å². The van der Waals surface area contributed by atoms with Crippen molar-refractivity contribution in [1.82, 2.24) is 15.2 Å². The minimum atomic E-state index is -1.07. The van der Waals surface area contributed by atoms with E-state index in [4.69, 9.17) is 5.11 Å². The van der Waals surface area contributed by atoms with Gasteiger partial charge in [-0.3, -0.25) is 0 Å². The van der Waals surface area contributed by atoms with Crippen LogP contribution in [0.2, 0.25) is 0 Å². The van der Waals surface area contributed by atoms with Crippen LogP contribution >= 0.6 is 11.3 Å². The van der Waals surface area contributed by atoms with Crippen molar-refractivity contribution in [3.8, 4) is 0 Å². The highest BCUT2D eigenvalue weighted by Gasteiger charge is 2.18. The molecular formula is C12H17N3O3S. The van der Waals surface area contributed by atoms with E-state index in [1.807, 2.05) is 6.92 Å². The standard InChI is InChI=1S/C12H17N3O3S/c1-4-6-15(5-2)12(18)13-8(3)10-14-9(7-19-10)11(16)17/h4,7-8H,1,5-6H2,2-3H3,(H,13,18)(H,16,17). The van der Waals surface area contributed by atoms with Gasteiger partial charge in [-0.25, -0.2) is 14.6 Å². The zero-order valence-corrected chi connectivity index (χ0v) is 11.7. The maximum atomic E-state index is 11.9. The molecule has 7 heteroatoms. The molecule has 1 atom stereocenters. The first kappa shape index (κ1) is 15.2. The Balaban J connectivity index is 2.67. The van der Waals surface area contributed by atoms with Gasteiger partial charge in [0.2, 0.25) is 0 Å². The molecule has 0 saturated heterocycles. The molecule has 0 aromatic carbocycles. The number of amides is 2. The Morgan fingerprint density at radius 2 is 2.37 bits per heavy atom. The minimum Gasteiger partial charge on any atom is -0.476 e. The van der Waals surface area contributed by atoms with Crippen molar-refractivity contribution in [2.75, 3.05) is 13.1 Å². The fourth-order valence-electron chi connectivity index (χ4n) is 1.43. The van der Waals surface area contributed by atoms with Crippen molar-refractivity contribution >= 4 is 23.3 Å². The Bertz CT molecular complexity index is 473. The number of nitrogens with zero attached hydrogens (tertiary/aromatic N) is 2. The van der Waals surface area contributed by atoms with Gasteiger partial charge in [0.15, 0.2) is 5.69 Å². The second kappa shape index (κ2) is 6.89. The number of urea groups is 1. The molecule has 0 aliphatic heterocycles. The molecule has 0 bridgehead atoms. The fraction of sp³-hybridized carbons (Fsp3) is 0.417. The number of likely N-dealkylation sites (N-methyl/N-ethyl adjacent to an activating group) is 1. The summed E-state index contributed by atoms with van der Waals surface area (Å²) in [7, 11) is 0. The van der Waals surface area contributed by atoms with Crippen LogP contribution in [0, 0.1) is 0 Å². The van der Waals surface area contributed by atoms with Crippen molar-refractivity contribution in [1.29, 1.82) is 0 Å². The van der Waals surface area contributed by atoms with E-state index < -0.39 is 5.97 Å². The lowest BCUT2D eigenvalue weighted by molar-refractivity contribution is 0.0691. The summed E-state index contributed by atoms with van der Waals surface area (Å²) in [6.45, 7) is 8.27. The molecule has 6 nitrogen and oxygen atoms in total. The maximum Gasteiger partial charge on any atom is 0.355 e. The third-order valence-corrected chi connectivity index (χ3v) is 3.50. The summed E-state index contributed by atoms with van der Waals surface area (Å²) in [6, 6.07) is -0.550. The number of thiazole rings is 1. The molecule has 0 aliphatic carbocycles. The second-order valence-electron chi connectivity index (χ2n) is 3.87. The van der Waals surface area contributed by atoms with Crippen molar-refractivity contribution in [2.24, 2.45) is 0 Å². The first-order chi connectivity index (χ1) is 8.99. The summed E-state index contributed by atoms with van der Waals surface area (Å²) in [4.78, 5) is 28.2. The van der Waals surface area contributed by atoms with E-state index in [9.17, 15) is 9.59 Å². The zero-order chi connectivity index (χ0) is 14.4. The fourth-order valence-corrected chi connectivity index (χ4v) is 2.23. The van der Waals surface area contributed by atoms with Crippen LogP contribution in [0.15, 0.2) is 18.0 Å². The summed E-state index contributed by atoms with van der Waals surface area (Å²) in [6.07, 6.45) is 1.65. The van der Waals surface area contributed by atoms with Crippen LogP contribution in [0.4, 0.5) is 4.79 Å². The molecule has 1 aromatic heterocycles. The zero-order valence-electron chi connectivity index (χ0n) is 10.9. The van der Waals surface area contributed by atoms with Crippen molar-refractivity contribution in [3.05, 3.63) is 28.7 Å². The van der Waals surface area contributed by atoms with Gasteiger partial charge in [-0.2, -0.15) is 0 Å². The monoisotopic (exact) mass is 283 g/mol. The number of nitrogens with one attached hydrogen (secondary N) is 1. The van der Waals surface area contributed by atoms with E-state index in [1.54, 1.807) is 17.9 Å². The lowest BCUT2D eigenvalue weighted by Crippen LogP contribution is -2.41. The second-order valence-corrected chi connectivity index (χ2v) is 4.76. The molecule has 1 heterocycles. The third kappa shape index (κ3) is 4.06. The molecule has 1 unspecified atom stereocenters. The molecule has 0 spiro atoms. The van der Waals surface area contributed by atoms with Gasteiger partial charge in [-0.15, -0.1) is 17.9 Å². The number of rotatable bonds is 6. The lowest BCUT2D eigenvalue weighted by atomic mass is 10.3. The molecule has 104 valence electrons. The molecule has 1 rings (SSSR count). The maximum absolute atomic E-state index is 11.9. The van der Waals surface area contributed by atoms with E-state index >= 15 is 0 Å². The first-order valence-electron chi connectivity index (χ1n) is 5.84. The summed E-state index contributed by atoms with van der Waals surface area (Å²) in [5, 5.41) is 13.6. The minimum absolute atomic E-state index is 0.000428. The van der Waals surface area contributed by atoms with Crippen molar-refractivity contribution in [3.63, 3.8) is 0 Å². The van der Waals surface area contributed by atoms with Gasteiger partial charge in [0.25, 0.3) is 0 Å². The normalized spacial score (nSPS) is 11.7. The largest absolute Gasteiger partial charge is 0.476 e. The van der Waals surface area contributed by atoms with Crippen LogP contribution < -0.4 is 5.32 Å². The van der Waals surface area contributed by atoms with Crippen LogP contribution in [0.1, 0.15) is 35.4 Å². The van der Waals surface area contributed by atoms with E-state index in [2.05, 4.69) is 16.9 Å². The van der Waals surface area contributed by atoms with Crippen molar-refractivity contribution in [2.45, 2.75) is 19.9 Å². The summed E-state index contributed by atoms with van der Waals surface area (Å²) in [5.74, 6) is -1.07. The highest BCUT2D eigenvalue weighted by atomic mass is 32.1. The quantitative estimate of drug-likeness (QED) is 0.783. The van der Waals surface area contributed by atoms with Crippen molar-refractivity contribution < 1.29 is 14.7 Å². The number of hydrogen-bond acceptors (Lipinski definition) is 4. The Morgan fingerprint density at radius 1 is 1.68 bits per heavy atom. The number of carbonyl (C=O) groups is 2. The summed E-state index contributed by atoms with van der Waals surface area (Å²) < 4.78 is 0. The van der Waals surface area contributed by atoms with E-state index in [0.717, 1.165) is 0 Å². The molecule has 1 aromatic rings. The molecule has 2 amide bonds. The number of aromatic nitrogens is 1. The molecule has 2 N–H and O–H groups in total. The molecule has 0 fully saturated rings. The predicted molar refractivity (Wildman–Crippen MR) is 73.5 cm³/mol. The molecule has 0 aliphatic rings. The van der Waals surface area contributed by atoms with Crippen LogP contribution in [-0.4, -0.2) is 40.1 Å². The summed E-state index contributed by atoms with van der Waals surface area (Å²) in [5.41, 5.74) is -0.000428. The van der Waals surface area contributed by atoms with Crippen LogP contribution in [0.3, 0.4) is 0 Å². The predicted octanol–water partition coefficient (Wildman–Crippen LogP) is 2.12. The van der Waals surface area contributed by atoms with E-state index in [1.165, 1.54) is 16.7 Å². The Labute approximate surface area is 115 Å². The smallest absolute Gasteiger partial charge is 0.355 e. The summed E-state index contributed by atoms with van der Waals surface area (Å²) >= 11 is 1.22. The first-order valence-corrected chi connectivity index (χ1v) is 6.72. The SMILES string of the molecule is C=CCN(CC)C(=O)NC(C)c1nc(C(=O)O)cs1. The van der Waals surface area contributed by atoms with Gasteiger partial charge in [0.1, 0.15) is 5.01 Å². The molecular weight excluding hydrogens is 266 g/mol. The Morgan fingerprint density at radius 3 is 2.84 bits per heavy atom.